The molecular weight excluding hydrogens is 382 g/mol. The fourth-order valence-corrected chi connectivity index (χ4v) is 4.16. The number of amides is 1. The second-order valence-electron chi connectivity index (χ2n) is 6.95. The van der Waals surface area contributed by atoms with Crippen LogP contribution in [0.25, 0.3) is 0 Å². The second-order valence-corrected chi connectivity index (χ2v) is 8.30. The van der Waals surface area contributed by atoms with Crippen LogP contribution in [0.4, 0.5) is 5.82 Å². The molecule has 0 saturated carbocycles. The normalized spacial score (nSPS) is 29.8. The van der Waals surface area contributed by atoms with E-state index in [9.17, 15) is 4.79 Å². The highest BCUT2D eigenvalue weighted by Gasteiger charge is 2.35. The third-order valence-corrected chi connectivity index (χ3v) is 6.22. The number of aromatic nitrogens is 1. The zero-order valence-electron chi connectivity index (χ0n) is 14.8. The summed E-state index contributed by atoms with van der Waals surface area (Å²) >= 11 is 3.83. The lowest BCUT2D eigenvalue weighted by Crippen LogP contribution is -2.45. The SMILES string of the molecule is CC1=CC=C(C(N)=O)CC1(Br)c1ccc(N2CC(C)OC(C)C2)nc1. The maximum Gasteiger partial charge on any atom is 0.244 e. The van der Waals surface area contributed by atoms with Gasteiger partial charge in [-0.2, -0.15) is 0 Å². The Balaban J connectivity index is 1.84. The summed E-state index contributed by atoms with van der Waals surface area (Å²) in [6.07, 6.45) is 6.54. The lowest BCUT2D eigenvalue weighted by Gasteiger charge is -2.36. The molecule has 1 aromatic heterocycles. The molecule has 1 aromatic rings. The van der Waals surface area contributed by atoms with Crippen LogP contribution in [0.3, 0.4) is 0 Å². The summed E-state index contributed by atoms with van der Waals surface area (Å²) in [6.45, 7) is 7.88. The van der Waals surface area contributed by atoms with E-state index >= 15 is 0 Å². The maximum absolute atomic E-state index is 11.6. The highest BCUT2D eigenvalue weighted by Crippen LogP contribution is 2.46. The molecule has 0 aromatic carbocycles. The molecule has 6 heteroatoms. The number of anilines is 1. The Morgan fingerprint density at radius 3 is 2.56 bits per heavy atom. The van der Waals surface area contributed by atoms with Crippen molar-refractivity contribution < 1.29 is 9.53 Å². The zero-order chi connectivity index (χ0) is 18.2. The number of ether oxygens (including phenoxy) is 1. The topological polar surface area (TPSA) is 68.5 Å². The maximum atomic E-state index is 11.6. The van der Waals surface area contributed by atoms with Crippen molar-refractivity contribution in [1.29, 1.82) is 0 Å². The van der Waals surface area contributed by atoms with Gasteiger partial charge in [0.05, 0.1) is 16.5 Å². The van der Waals surface area contributed by atoms with E-state index in [-0.39, 0.29) is 18.1 Å². The van der Waals surface area contributed by atoms with E-state index in [1.165, 1.54) is 0 Å². The summed E-state index contributed by atoms with van der Waals surface area (Å²) in [6, 6.07) is 4.11. The highest BCUT2D eigenvalue weighted by atomic mass is 79.9. The molecule has 2 N–H and O–H groups in total. The van der Waals surface area contributed by atoms with Crippen LogP contribution < -0.4 is 10.6 Å². The first-order valence-corrected chi connectivity index (χ1v) is 9.32. The van der Waals surface area contributed by atoms with Gasteiger partial charge in [0.25, 0.3) is 0 Å². The van der Waals surface area contributed by atoms with Crippen molar-refractivity contribution in [2.24, 2.45) is 5.73 Å². The minimum Gasteiger partial charge on any atom is -0.372 e. The van der Waals surface area contributed by atoms with E-state index in [0.29, 0.717) is 12.0 Å². The van der Waals surface area contributed by atoms with E-state index < -0.39 is 4.32 Å². The molecule has 0 radical (unpaired) electrons. The van der Waals surface area contributed by atoms with Crippen molar-refractivity contribution >= 4 is 27.7 Å². The number of hydrogen-bond donors (Lipinski definition) is 1. The van der Waals surface area contributed by atoms with Gasteiger partial charge >= 0.3 is 0 Å². The average molecular weight is 406 g/mol. The molecule has 2 aliphatic rings. The number of morpholine rings is 1. The molecule has 1 fully saturated rings. The smallest absolute Gasteiger partial charge is 0.244 e. The number of carbonyl (C=O) groups excluding carboxylic acids is 1. The summed E-state index contributed by atoms with van der Waals surface area (Å²) in [5.41, 5.74) is 8.23. The number of pyridine rings is 1. The van der Waals surface area contributed by atoms with Gasteiger partial charge in [-0.25, -0.2) is 4.98 Å². The molecule has 0 spiro atoms. The van der Waals surface area contributed by atoms with Gasteiger partial charge in [0.15, 0.2) is 0 Å². The van der Waals surface area contributed by atoms with E-state index in [1.807, 2.05) is 25.3 Å². The Morgan fingerprint density at radius 2 is 2.00 bits per heavy atom. The molecule has 134 valence electrons. The number of hydrogen-bond acceptors (Lipinski definition) is 4. The van der Waals surface area contributed by atoms with Crippen LogP contribution in [0.1, 0.15) is 32.8 Å². The largest absolute Gasteiger partial charge is 0.372 e. The monoisotopic (exact) mass is 405 g/mol. The fraction of sp³-hybridized carbons (Fsp3) is 0.474. The first-order chi connectivity index (χ1) is 11.8. The van der Waals surface area contributed by atoms with Gasteiger partial charge in [-0.15, -0.1) is 0 Å². The van der Waals surface area contributed by atoms with Crippen molar-refractivity contribution in [3.8, 4) is 0 Å². The third-order valence-electron chi connectivity index (χ3n) is 4.86. The van der Waals surface area contributed by atoms with Crippen molar-refractivity contribution in [2.45, 2.75) is 43.7 Å². The number of halogens is 1. The third kappa shape index (κ3) is 3.65. The Morgan fingerprint density at radius 1 is 1.32 bits per heavy atom. The van der Waals surface area contributed by atoms with E-state index in [1.54, 1.807) is 6.08 Å². The molecule has 25 heavy (non-hydrogen) atoms. The lowest BCUT2D eigenvalue weighted by atomic mass is 9.83. The van der Waals surface area contributed by atoms with Crippen LogP contribution in [0.5, 0.6) is 0 Å². The molecule has 1 aliphatic heterocycles. The standard InChI is InChI=1S/C19H24BrN3O2/c1-12-4-5-15(18(21)24)8-19(12,20)16-6-7-17(22-9-16)23-10-13(2)25-14(3)11-23/h4-7,9,13-14H,8,10-11H2,1-3H3,(H2,21,24). The zero-order valence-corrected chi connectivity index (χ0v) is 16.4. The van der Waals surface area contributed by atoms with Gasteiger partial charge < -0.3 is 15.4 Å². The predicted octanol–water partition coefficient (Wildman–Crippen LogP) is 3.05. The van der Waals surface area contributed by atoms with Crippen molar-refractivity contribution in [1.82, 2.24) is 4.98 Å². The van der Waals surface area contributed by atoms with Crippen molar-refractivity contribution in [2.75, 3.05) is 18.0 Å². The van der Waals surface area contributed by atoms with Crippen LogP contribution in [0.2, 0.25) is 0 Å². The molecule has 3 atom stereocenters. The van der Waals surface area contributed by atoms with E-state index in [4.69, 9.17) is 10.5 Å². The summed E-state index contributed by atoms with van der Waals surface area (Å²) in [5.74, 6) is 0.568. The number of rotatable bonds is 3. The Hall–Kier alpha value is -1.66. The van der Waals surface area contributed by atoms with Crippen molar-refractivity contribution in [3.63, 3.8) is 0 Å². The predicted molar refractivity (Wildman–Crippen MR) is 103 cm³/mol. The summed E-state index contributed by atoms with van der Waals surface area (Å²) in [4.78, 5) is 18.5. The summed E-state index contributed by atoms with van der Waals surface area (Å²) in [5, 5.41) is 0. The summed E-state index contributed by atoms with van der Waals surface area (Å²) < 4.78 is 5.35. The van der Waals surface area contributed by atoms with Gasteiger partial charge in [-0.3, -0.25) is 4.79 Å². The first-order valence-electron chi connectivity index (χ1n) is 8.53. The van der Waals surface area contributed by atoms with E-state index in [0.717, 1.165) is 30.0 Å². The Kier molecular flexibility index (Phi) is 5.02. The second kappa shape index (κ2) is 6.92. The molecule has 3 unspecified atom stereocenters. The minimum absolute atomic E-state index is 0.194. The average Bonchev–Trinajstić information content (AvgIpc) is 2.56. The van der Waals surface area contributed by atoms with E-state index in [2.05, 4.69) is 45.7 Å². The lowest BCUT2D eigenvalue weighted by molar-refractivity contribution is -0.114. The van der Waals surface area contributed by atoms with Crippen LogP contribution in [-0.4, -0.2) is 36.2 Å². The molecule has 1 saturated heterocycles. The van der Waals surface area contributed by atoms with Crippen molar-refractivity contribution in [3.05, 3.63) is 47.2 Å². The number of allylic oxidation sites excluding steroid dienone is 3. The number of nitrogens with zero attached hydrogens (tertiary/aromatic N) is 2. The Labute approximate surface area is 157 Å². The molecule has 0 bridgehead atoms. The molecule has 5 nitrogen and oxygen atoms in total. The van der Waals surface area contributed by atoms with Gasteiger partial charge in [-0.1, -0.05) is 39.7 Å². The Bertz CT molecular complexity index is 719. The fourth-order valence-electron chi connectivity index (χ4n) is 3.49. The molecule has 2 heterocycles. The number of primary amides is 1. The number of nitrogens with two attached hydrogens (primary N) is 1. The highest BCUT2D eigenvalue weighted by molar-refractivity contribution is 9.09. The van der Waals surface area contributed by atoms with Crippen LogP contribution >= 0.6 is 15.9 Å². The molecule has 1 aliphatic carbocycles. The van der Waals surface area contributed by atoms with Crippen LogP contribution in [-0.2, 0) is 13.9 Å². The van der Waals surface area contributed by atoms with Gasteiger partial charge in [0, 0.05) is 31.3 Å². The molecular formula is C19H24BrN3O2. The minimum atomic E-state index is -0.441. The number of alkyl halides is 1. The van der Waals surface area contributed by atoms with Gasteiger partial charge in [0.2, 0.25) is 5.91 Å². The van der Waals surface area contributed by atoms with Gasteiger partial charge in [-0.05, 0) is 32.4 Å². The van der Waals surface area contributed by atoms with Crippen LogP contribution in [0, 0.1) is 0 Å². The quantitative estimate of drug-likeness (QED) is 0.784. The first kappa shape index (κ1) is 18.1. The summed E-state index contributed by atoms with van der Waals surface area (Å²) in [7, 11) is 0. The van der Waals surface area contributed by atoms with Gasteiger partial charge in [0.1, 0.15) is 5.82 Å². The van der Waals surface area contributed by atoms with Crippen LogP contribution in [0.15, 0.2) is 41.6 Å². The molecule has 3 rings (SSSR count). The molecule has 1 amide bonds. The number of carbonyl (C=O) groups is 1.